The van der Waals surface area contributed by atoms with Crippen molar-refractivity contribution < 1.29 is 39.1 Å². The third-order valence-electron chi connectivity index (χ3n) is 5.57. The Bertz CT molecular complexity index is 1200. The van der Waals surface area contributed by atoms with Crippen molar-refractivity contribution in [3.05, 3.63) is 48.3 Å². The summed E-state index contributed by atoms with van der Waals surface area (Å²) in [5, 5.41) is 12.2. The molecule has 4 rings (SSSR count). The normalized spacial score (nSPS) is 18.0. The molecule has 184 valence electrons. The Labute approximate surface area is 215 Å². The zero-order valence-electron chi connectivity index (χ0n) is 19.3. The Morgan fingerprint density at radius 3 is 2.56 bits per heavy atom. The first-order valence-corrected chi connectivity index (χ1v) is 11.9. The van der Waals surface area contributed by atoms with Gasteiger partial charge in [-0.15, -0.1) is 17.3 Å². The fourth-order valence-electron chi connectivity index (χ4n) is 3.82. The molecule has 7 nitrogen and oxygen atoms in total. The maximum Gasteiger partial charge on any atom is 0.410 e. The quantitative estimate of drug-likeness (QED) is 0.455. The predicted molar refractivity (Wildman–Crippen MR) is 128 cm³/mol. The van der Waals surface area contributed by atoms with Gasteiger partial charge in [0.1, 0.15) is 16.2 Å². The van der Waals surface area contributed by atoms with Crippen LogP contribution in [-0.4, -0.2) is 51.7 Å². The van der Waals surface area contributed by atoms with E-state index in [-0.39, 0.29) is 38.7 Å². The molecule has 1 aliphatic rings. The summed E-state index contributed by atoms with van der Waals surface area (Å²) in [7, 11) is 0. The number of aromatic nitrogens is 2. The number of ether oxygens (including phenoxy) is 1. The Hall–Kier alpha value is -2.41. The summed E-state index contributed by atoms with van der Waals surface area (Å²) in [6.07, 6.45) is 1.99. The van der Waals surface area contributed by atoms with E-state index in [0.717, 1.165) is 10.9 Å². The van der Waals surface area contributed by atoms with E-state index >= 15 is 0 Å². The third-order valence-corrected chi connectivity index (χ3v) is 6.87. The molecule has 0 unspecified atom stereocenters. The molecule has 0 radical (unpaired) electrons. The molecule has 0 spiro atoms. The Morgan fingerprint density at radius 1 is 1.21 bits per heavy atom. The first-order chi connectivity index (χ1) is 15.6. The van der Waals surface area contributed by atoms with Crippen molar-refractivity contribution >= 4 is 40.4 Å². The molecule has 2 heterocycles. The number of fused-ring (bicyclic) bond motifs is 1. The van der Waals surface area contributed by atoms with E-state index in [2.05, 4.69) is 15.5 Å². The molecule has 10 heteroatoms. The van der Waals surface area contributed by atoms with Crippen molar-refractivity contribution in [2.45, 2.75) is 37.5 Å². The molecule has 2 aromatic carbocycles. The van der Waals surface area contributed by atoms with Crippen LogP contribution in [0.4, 0.5) is 14.9 Å². The van der Waals surface area contributed by atoms with E-state index in [9.17, 15) is 14.0 Å². The molecule has 0 aliphatic carbocycles. The van der Waals surface area contributed by atoms with Gasteiger partial charge in [-0.1, -0.05) is 6.07 Å². The van der Waals surface area contributed by atoms with Crippen LogP contribution < -0.4 is 10.4 Å². The zero-order chi connectivity index (χ0) is 23.8. The Kier molecular flexibility index (Phi) is 7.76. The first kappa shape index (κ1) is 26.2. The number of carbonyl (C=O) groups excluding carboxylic acids is 2. The van der Waals surface area contributed by atoms with E-state index in [1.165, 1.54) is 23.9 Å². The van der Waals surface area contributed by atoms with Gasteiger partial charge < -0.3 is 25.2 Å². The van der Waals surface area contributed by atoms with Crippen molar-refractivity contribution in [3.63, 3.8) is 0 Å². The van der Waals surface area contributed by atoms with Crippen molar-refractivity contribution in [1.82, 2.24) is 15.1 Å². The summed E-state index contributed by atoms with van der Waals surface area (Å²) in [6, 6.07) is 11.4. The first-order valence-electron chi connectivity index (χ1n) is 10.6. The van der Waals surface area contributed by atoms with Crippen LogP contribution in [0.3, 0.4) is 0 Å². The van der Waals surface area contributed by atoms with Gasteiger partial charge in [0.25, 0.3) is 0 Å². The number of hydrogen-bond acceptors (Lipinski definition) is 5. The summed E-state index contributed by atoms with van der Waals surface area (Å²) in [4.78, 5) is 27.4. The minimum atomic E-state index is -0.770. The molecule has 34 heavy (non-hydrogen) atoms. The smallest absolute Gasteiger partial charge is 0.410 e. The van der Waals surface area contributed by atoms with E-state index in [1.807, 2.05) is 33.1 Å². The molecular weight excluding hydrogens is 550 g/mol. The van der Waals surface area contributed by atoms with Gasteiger partial charge in [-0.25, -0.2) is 9.18 Å². The van der Waals surface area contributed by atoms with E-state index in [1.54, 1.807) is 29.2 Å². The molecule has 1 fully saturated rings. The summed E-state index contributed by atoms with van der Waals surface area (Å²) in [6.45, 7) is 6.18. The largest absolute Gasteiger partial charge is 0.574 e. The van der Waals surface area contributed by atoms with Gasteiger partial charge in [-0.2, -0.15) is 0 Å². The van der Waals surface area contributed by atoms with Gasteiger partial charge in [-0.05, 0) is 80.8 Å². The number of carbonyl (C=O) groups is 2. The second kappa shape index (κ2) is 10.1. The van der Waals surface area contributed by atoms with E-state index < -0.39 is 16.4 Å². The van der Waals surface area contributed by atoms with Crippen LogP contribution in [0.1, 0.15) is 27.2 Å². The van der Waals surface area contributed by atoms with Gasteiger partial charge in [-0.3, -0.25) is 4.79 Å². The molecule has 0 bridgehead atoms. The fourth-order valence-corrected chi connectivity index (χ4v) is 4.64. The standard InChI is InChI=1S/C24H27FN4O3S.Pd/c1-23(2,3)32-22(31)29-12-11-24(14-29,33-4)21(30)26-17-9-10-19-18(13-17)20(28-27-19)15-5-7-16(25)8-6-15;/h5-10,13H,11-12,14H2,1-4H3,(H2,26,27,28,30);/p-1/t24-;/m0./s1. The number of thioether (sulfide) groups is 1. The SMILES string of the molecule is CS[C@@]1(C(=O)Nc2ccc3[n-]nc(-c4ccc(F)cc4)c3c2)CCN(C(=O)OC(C)(C)C)C1.[Pd]. The van der Waals surface area contributed by atoms with E-state index in [0.29, 0.717) is 29.9 Å². The monoisotopic (exact) mass is 575 g/mol. The number of benzene rings is 2. The summed E-state index contributed by atoms with van der Waals surface area (Å²) in [5.41, 5.74) is 2.06. The topological polar surface area (TPSA) is 85.6 Å². The number of rotatable bonds is 4. The molecular formula is C24H26FN4O3PdS-. The third kappa shape index (κ3) is 5.46. The molecule has 1 N–H and O–H groups in total. The Morgan fingerprint density at radius 2 is 1.91 bits per heavy atom. The predicted octanol–water partition coefficient (Wildman–Crippen LogP) is 4.68. The van der Waals surface area contributed by atoms with Gasteiger partial charge >= 0.3 is 6.09 Å². The minimum absolute atomic E-state index is 0. The minimum Gasteiger partial charge on any atom is -0.574 e. The average Bonchev–Trinajstić information content (AvgIpc) is 3.38. The number of anilines is 1. The number of halogens is 1. The fraction of sp³-hybridized carbons (Fsp3) is 0.375. The molecule has 2 amide bonds. The van der Waals surface area contributed by atoms with Crippen molar-refractivity contribution in [1.29, 1.82) is 0 Å². The number of nitrogens with zero attached hydrogens (tertiary/aromatic N) is 3. The molecule has 3 aromatic rings. The maximum atomic E-state index is 13.3. The van der Waals surface area contributed by atoms with Gasteiger partial charge in [0, 0.05) is 39.2 Å². The molecule has 1 atom stereocenters. The van der Waals surface area contributed by atoms with Crippen LogP contribution in [-0.2, 0) is 30.0 Å². The molecule has 1 aliphatic heterocycles. The van der Waals surface area contributed by atoms with Crippen LogP contribution in [0.2, 0.25) is 0 Å². The molecule has 0 saturated carbocycles. The van der Waals surface area contributed by atoms with Crippen molar-refractivity contribution in [2.24, 2.45) is 0 Å². The number of amides is 2. The second-order valence-electron chi connectivity index (χ2n) is 9.09. The van der Waals surface area contributed by atoms with Gasteiger partial charge in [0.2, 0.25) is 5.91 Å². The van der Waals surface area contributed by atoms with Crippen LogP contribution >= 0.6 is 11.8 Å². The van der Waals surface area contributed by atoms with Gasteiger partial charge in [0.15, 0.2) is 0 Å². The number of likely N-dealkylation sites (tertiary alicyclic amines) is 1. The molecule has 1 saturated heterocycles. The zero-order valence-corrected chi connectivity index (χ0v) is 21.7. The van der Waals surface area contributed by atoms with Crippen molar-refractivity contribution in [2.75, 3.05) is 24.7 Å². The van der Waals surface area contributed by atoms with Crippen molar-refractivity contribution in [3.8, 4) is 11.3 Å². The number of nitrogens with one attached hydrogen (secondary N) is 1. The summed E-state index contributed by atoms with van der Waals surface area (Å²) in [5.74, 6) is -0.494. The van der Waals surface area contributed by atoms with Crippen LogP contribution in [0.5, 0.6) is 0 Å². The van der Waals surface area contributed by atoms with Gasteiger partial charge in [0.05, 0.1) is 5.69 Å². The number of hydrogen-bond donors (Lipinski definition) is 1. The van der Waals surface area contributed by atoms with Crippen LogP contribution in [0, 0.1) is 5.82 Å². The second-order valence-corrected chi connectivity index (χ2v) is 10.3. The maximum absolute atomic E-state index is 13.3. The Balaban J connectivity index is 0.00000324. The van der Waals surface area contributed by atoms with Crippen LogP contribution in [0.25, 0.3) is 22.2 Å². The molecule has 1 aromatic heterocycles. The summed E-state index contributed by atoms with van der Waals surface area (Å²) >= 11 is 1.43. The van der Waals surface area contributed by atoms with E-state index in [4.69, 9.17) is 4.74 Å². The average molecular weight is 576 g/mol. The van der Waals surface area contributed by atoms with Crippen LogP contribution in [0.15, 0.2) is 42.5 Å². The summed E-state index contributed by atoms with van der Waals surface area (Å²) < 4.78 is 18.0.